The van der Waals surface area contributed by atoms with Crippen molar-refractivity contribution in [2.45, 2.75) is 13.2 Å². The third-order valence-corrected chi connectivity index (χ3v) is 2.84. The molecule has 2 aromatic rings. The fourth-order valence-electron chi connectivity index (χ4n) is 1.30. The van der Waals surface area contributed by atoms with Crippen molar-refractivity contribution < 1.29 is 5.11 Å². The van der Waals surface area contributed by atoms with Crippen LogP contribution >= 0.6 is 11.3 Å². The highest BCUT2D eigenvalue weighted by Crippen LogP contribution is 2.13. The van der Waals surface area contributed by atoms with E-state index in [0.717, 1.165) is 17.8 Å². The third kappa shape index (κ3) is 2.78. The third-order valence-electron chi connectivity index (χ3n) is 2.06. The van der Waals surface area contributed by atoms with Gasteiger partial charge in [0.05, 0.1) is 18.7 Å². The molecule has 0 spiro atoms. The van der Waals surface area contributed by atoms with Gasteiger partial charge in [-0.05, 0) is 17.7 Å². The van der Waals surface area contributed by atoms with Crippen LogP contribution in [0, 0.1) is 0 Å². The normalized spacial score (nSPS) is 10.2. The number of rotatable bonds is 4. The molecule has 0 aliphatic carbocycles. The summed E-state index contributed by atoms with van der Waals surface area (Å²) in [6.45, 7) is 0.857. The largest absolute Gasteiger partial charge is 0.392 e. The zero-order valence-electron chi connectivity index (χ0n) is 8.18. The molecule has 3 nitrogen and oxygen atoms in total. The minimum Gasteiger partial charge on any atom is -0.392 e. The summed E-state index contributed by atoms with van der Waals surface area (Å²) in [4.78, 5) is 5.21. The average Bonchev–Trinajstić information content (AvgIpc) is 2.79. The molecule has 0 saturated carbocycles. The average molecular weight is 220 g/mol. The van der Waals surface area contributed by atoms with Crippen molar-refractivity contribution in [1.82, 2.24) is 4.98 Å². The molecule has 2 rings (SSSR count). The number of aliphatic hydroxyl groups excluding tert-OH is 1. The Labute approximate surface area is 92.4 Å². The van der Waals surface area contributed by atoms with E-state index in [1.165, 1.54) is 4.88 Å². The standard InChI is InChI=1S/C11H12N2OS/c14-7-9-2-1-3-10(4-9)13-6-11-5-12-8-15-11/h1-5,8,13-14H,6-7H2. The molecule has 78 valence electrons. The van der Waals surface area contributed by atoms with Crippen LogP contribution in [-0.2, 0) is 13.2 Å². The first-order chi connectivity index (χ1) is 7.38. The molecule has 0 amide bonds. The van der Waals surface area contributed by atoms with Gasteiger partial charge in [-0.15, -0.1) is 11.3 Å². The molecule has 15 heavy (non-hydrogen) atoms. The van der Waals surface area contributed by atoms with Crippen LogP contribution in [0.2, 0.25) is 0 Å². The Morgan fingerprint density at radius 3 is 3.07 bits per heavy atom. The van der Waals surface area contributed by atoms with Crippen molar-refractivity contribution in [1.29, 1.82) is 0 Å². The Hall–Kier alpha value is -1.39. The van der Waals surface area contributed by atoms with Gasteiger partial charge >= 0.3 is 0 Å². The molecular formula is C11H12N2OS. The lowest BCUT2D eigenvalue weighted by Crippen LogP contribution is -1.97. The number of thiazole rings is 1. The van der Waals surface area contributed by atoms with Crippen LogP contribution in [0.5, 0.6) is 0 Å². The molecule has 0 aliphatic rings. The lowest BCUT2D eigenvalue weighted by atomic mass is 10.2. The summed E-state index contributed by atoms with van der Waals surface area (Å²) in [6.07, 6.45) is 1.85. The Morgan fingerprint density at radius 1 is 1.40 bits per heavy atom. The summed E-state index contributed by atoms with van der Waals surface area (Å²) in [6, 6.07) is 7.76. The van der Waals surface area contributed by atoms with E-state index in [2.05, 4.69) is 10.3 Å². The lowest BCUT2D eigenvalue weighted by Gasteiger charge is -2.05. The Bertz CT molecular complexity index is 414. The summed E-state index contributed by atoms with van der Waals surface area (Å²) < 4.78 is 0. The second kappa shape index (κ2) is 4.91. The van der Waals surface area contributed by atoms with Gasteiger partial charge in [-0.2, -0.15) is 0 Å². The molecule has 1 aromatic heterocycles. The molecule has 0 bridgehead atoms. The van der Waals surface area contributed by atoms with E-state index in [0.29, 0.717) is 0 Å². The fraction of sp³-hybridized carbons (Fsp3) is 0.182. The minimum absolute atomic E-state index is 0.0794. The van der Waals surface area contributed by atoms with Gasteiger partial charge in [-0.25, -0.2) is 0 Å². The van der Waals surface area contributed by atoms with Gasteiger partial charge in [0.2, 0.25) is 0 Å². The summed E-state index contributed by atoms with van der Waals surface area (Å²) in [5.41, 5.74) is 3.76. The molecule has 0 atom stereocenters. The summed E-state index contributed by atoms with van der Waals surface area (Å²) in [5.74, 6) is 0. The smallest absolute Gasteiger partial charge is 0.0794 e. The molecular weight excluding hydrogens is 208 g/mol. The SMILES string of the molecule is OCc1cccc(NCc2cncs2)c1. The second-order valence-electron chi connectivity index (χ2n) is 3.18. The van der Waals surface area contributed by atoms with Crippen molar-refractivity contribution >= 4 is 17.0 Å². The molecule has 0 saturated heterocycles. The number of aliphatic hydroxyl groups is 1. The number of nitrogens with one attached hydrogen (secondary N) is 1. The van der Waals surface area contributed by atoms with Crippen molar-refractivity contribution in [3.63, 3.8) is 0 Å². The van der Waals surface area contributed by atoms with E-state index in [1.807, 2.05) is 36.0 Å². The van der Waals surface area contributed by atoms with Gasteiger partial charge in [0.25, 0.3) is 0 Å². The van der Waals surface area contributed by atoms with Crippen LogP contribution in [-0.4, -0.2) is 10.1 Å². The van der Waals surface area contributed by atoms with Crippen LogP contribution in [0.1, 0.15) is 10.4 Å². The van der Waals surface area contributed by atoms with E-state index in [1.54, 1.807) is 11.3 Å². The monoisotopic (exact) mass is 220 g/mol. The van der Waals surface area contributed by atoms with Gasteiger partial charge < -0.3 is 10.4 Å². The number of hydrogen-bond donors (Lipinski definition) is 2. The predicted molar refractivity (Wildman–Crippen MR) is 61.8 cm³/mol. The molecule has 0 radical (unpaired) electrons. The number of nitrogens with zero attached hydrogens (tertiary/aromatic N) is 1. The number of anilines is 1. The molecule has 0 unspecified atom stereocenters. The number of hydrogen-bond acceptors (Lipinski definition) is 4. The highest BCUT2D eigenvalue weighted by molar-refractivity contribution is 7.09. The Balaban J connectivity index is 1.98. The van der Waals surface area contributed by atoms with E-state index in [-0.39, 0.29) is 6.61 Å². The molecule has 1 aromatic carbocycles. The maximum Gasteiger partial charge on any atom is 0.0794 e. The van der Waals surface area contributed by atoms with Crippen molar-refractivity contribution in [2.75, 3.05) is 5.32 Å². The minimum atomic E-state index is 0.0794. The van der Waals surface area contributed by atoms with E-state index >= 15 is 0 Å². The summed E-state index contributed by atoms with van der Waals surface area (Å²) in [5, 5.41) is 12.3. The van der Waals surface area contributed by atoms with Gasteiger partial charge in [0, 0.05) is 16.8 Å². The zero-order chi connectivity index (χ0) is 10.5. The van der Waals surface area contributed by atoms with Gasteiger partial charge in [-0.1, -0.05) is 12.1 Å². The number of benzene rings is 1. The topological polar surface area (TPSA) is 45.1 Å². The quantitative estimate of drug-likeness (QED) is 0.830. The highest BCUT2D eigenvalue weighted by Gasteiger charge is 1.96. The van der Waals surface area contributed by atoms with Crippen LogP contribution in [0.15, 0.2) is 36.0 Å². The molecule has 0 aliphatic heterocycles. The predicted octanol–water partition coefficient (Wildman–Crippen LogP) is 2.25. The highest BCUT2D eigenvalue weighted by atomic mass is 32.1. The zero-order valence-corrected chi connectivity index (χ0v) is 9.00. The van der Waals surface area contributed by atoms with Crippen molar-refractivity contribution in [3.8, 4) is 0 Å². The molecule has 2 N–H and O–H groups in total. The van der Waals surface area contributed by atoms with Crippen LogP contribution < -0.4 is 5.32 Å². The first-order valence-corrected chi connectivity index (χ1v) is 5.57. The van der Waals surface area contributed by atoms with Gasteiger partial charge in [0.15, 0.2) is 0 Å². The van der Waals surface area contributed by atoms with Crippen molar-refractivity contribution in [3.05, 3.63) is 46.4 Å². The molecule has 0 fully saturated rings. The van der Waals surface area contributed by atoms with E-state index in [9.17, 15) is 0 Å². The Kier molecular flexibility index (Phi) is 3.32. The first kappa shape index (κ1) is 10.1. The van der Waals surface area contributed by atoms with E-state index < -0.39 is 0 Å². The second-order valence-corrected chi connectivity index (χ2v) is 4.15. The summed E-state index contributed by atoms with van der Waals surface area (Å²) in [7, 11) is 0. The van der Waals surface area contributed by atoms with Crippen molar-refractivity contribution in [2.24, 2.45) is 0 Å². The Morgan fingerprint density at radius 2 is 2.33 bits per heavy atom. The van der Waals surface area contributed by atoms with Crippen LogP contribution in [0.4, 0.5) is 5.69 Å². The maximum absolute atomic E-state index is 8.98. The molecule has 1 heterocycles. The lowest BCUT2D eigenvalue weighted by molar-refractivity contribution is 0.282. The van der Waals surface area contributed by atoms with Crippen LogP contribution in [0.25, 0.3) is 0 Å². The van der Waals surface area contributed by atoms with Gasteiger partial charge in [-0.3, -0.25) is 4.98 Å². The maximum atomic E-state index is 8.98. The van der Waals surface area contributed by atoms with Crippen LogP contribution in [0.3, 0.4) is 0 Å². The van der Waals surface area contributed by atoms with E-state index in [4.69, 9.17) is 5.11 Å². The van der Waals surface area contributed by atoms with Gasteiger partial charge in [0.1, 0.15) is 0 Å². The first-order valence-electron chi connectivity index (χ1n) is 4.69. The molecule has 4 heteroatoms. The fourth-order valence-corrected chi connectivity index (χ4v) is 1.83. The number of aromatic nitrogens is 1. The summed E-state index contributed by atoms with van der Waals surface area (Å²) >= 11 is 1.63.